The Bertz CT molecular complexity index is 796. The zero-order valence-corrected chi connectivity index (χ0v) is 17.7. The van der Waals surface area contributed by atoms with Crippen LogP contribution in [0.3, 0.4) is 0 Å². The van der Waals surface area contributed by atoms with Crippen molar-refractivity contribution in [2.45, 2.75) is 53.0 Å². The number of amides is 1. The van der Waals surface area contributed by atoms with Gasteiger partial charge in [-0.2, -0.15) is 5.10 Å². The highest BCUT2D eigenvalue weighted by molar-refractivity contribution is 5.77. The lowest BCUT2D eigenvalue weighted by molar-refractivity contribution is -0.130. The van der Waals surface area contributed by atoms with E-state index in [1.807, 2.05) is 11.0 Å². The number of hydrogen-bond acceptors (Lipinski definition) is 3. The van der Waals surface area contributed by atoms with E-state index in [9.17, 15) is 4.79 Å². The molecule has 1 fully saturated rings. The number of carbonyl (C=O) groups excluding carboxylic acids is 1. The van der Waals surface area contributed by atoms with Gasteiger partial charge in [-0.15, -0.1) is 0 Å². The van der Waals surface area contributed by atoms with Crippen molar-refractivity contribution in [1.29, 1.82) is 0 Å². The standard InChI is InChI=1S/C23H34N4O/c1-16(2)13-27-18(4)21(17(3)25-27)10-11-23(28)26-14-20(12-24)22(15-26)19-8-6-5-7-9-19/h5-9,16,20,22H,10-15,24H2,1-4H3/t20-,22+/m1/s1. The Morgan fingerprint density at radius 2 is 1.93 bits per heavy atom. The highest BCUT2D eigenvalue weighted by atomic mass is 16.2. The van der Waals surface area contributed by atoms with Crippen LogP contribution < -0.4 is 5.73 Å². The fourth-order valence-electron chi connectivity index (χ4n) is 4.40. The third-order valence-corrected chi connectivity index (χ3v) is 5.98. The minimum absolute atomic E-state index is 0.229. The Labute approximate surface area is 168 Å². The molecule has 1 aliphatic heterocycles. The molecule has 152 valence electrons. The molecule has 3 rings (SSSR count). The van der Waals surface area contributed by atoms with E-state index in [-0.39, 0.29) is 5.91 Å². The van der Waals surface area contributed by atoms with E-state index in [2.05, 4.69) is 61.7 Å². The van der Waals surface area contributed by atoms with E-state index in [0.717, 1.165) is 31.7 Å². The molecular formula is C23H34N4O. The average Bonchev–Trinajstić information content (AvgIpc) is 3.22. The second-order valence-corrected chi connectivity index (χ2v) is 8.54. The molecular weight excluding hydrogens is 348 g/mol. The molecule has 0 unspecified atom stereocenters. The zero-order chi connectivity index (χ0) is 20.3. The average molecular weight is 383 g/mol. The molecule has 0 aliphatic carbocycles. The van der Waals surface area contributed by atoms with Crippen molar-refractivity contribution < 1.29 is 4.79 Å². The number of benzene rings is 1. The first-order valence-corrected chi connectivity index (χ1v) is 10.5. The predicted molar refractivity (Wildman–Crippen MR) is 113 cm³/mol. The number of carbonyl (C=O) groups is 1. The molecule has 5 heteroatoms. The van der Waals surface area contributed by atoms with E-state index < -0.39 is 0 Å². The Morgan fingerprint density at radius 3 is 2.57 bits per heavy atom. The summed E-state index contributed by atoms with van der Waals surface area (Å²) in [5, 5.41) is 4.68. The van der Waals surface area contributed by atoms with Crippen LogP contribution >= 0.6 is 0 Å². The number of rotatable bonds is 7. The third-order valence-electron chi connectivity index (χ3n) is 5.98. The molecule has 28 heavy (non-hydrogen) atoms. The maximum absolute atomic E-state index is 12.9. The fraction of sp³-hybridized carbons (Fsp3) is 0.565. The van der Waals surface area contributed by atoms with Gasteiger partial charge in [0, 0.05) is 37.7 Å². The van der Waals surface area contributed by atoms with Crippen molar-refractivity contribution in [3.63, 3.8) is 0 Å². The third kappa shape index (κ3) is 4.46. The van der Waals surface area contributed by atoms with Gasteiger partial charge in [-0.3, -0.25) is 9.48 Å². The molecule has 2 N–H and O–H groups in total. The van der Waals surface area contributed by atoms with Crippen LogP contribution in [0.1, 0.15) is 48.7 Å². The highest BCUT2D eigenvalue weighted by Gasteiger charge is 2.35. The molecule has 1 amide bonds. The monoisotopic (exact) mass is 382 g/mol. The number of hydrogen-bond donors (Lipinski definition) is 1. The van der Waals surface area contributed by atoms with Crippen LogP contribution in [0.15, 0.2) is 30.3 Å². The Balaban J connectivity index is 1.64. The van der Waals surface area contributed by atoms with Crippen LogP contribution in [0.5, 0.6) is 0 Å². The van der Waals surface area contributed by atoms with Gasteiger partial charge in [0.2, 0.25) is 5.91 Å². The maximum atomic E-state index is 12.9. The van der Waals surface area contributed by atoms with Crippen molar-refractivity contribution in [3.8, 4) is 0 Å². The van der Waals surface area contributed by atoms with Gasteiger partial charge in [-0.25, -0.2) is 0 Å². The summed E-state index contributed by atoms with van der Waals surface area (Å²) in [6, 6.07) is 10.5. The quantitative estimate of drug-likeness (QED) is 0.799. The summed E-state index contributed by atoms with van der Waals surface area (Å²) in [6.07, 6.45) is 1.29. The lowest BCUT2D eigenvalue weighted by Crippen LogP contribution is -2.30. The molecule has 1 aliphatic rings. The van der Waals surface area contributed by atoms with E-state index in [0.29, 0.717) is 30.7 Å². The minimum Gasteiger partial charge on any atom is -0.342 e. The van der Waals surface area contributed by atoms with Crippen molar-refractivity contribution in [3.05, 3.63) is 52.8 Å². The minimum atomic E-state index is 0.229. The zero-order valence-electron chi connectivity index (χ0n) is 17.7. The summed E-state index contributed by atoms with van der Waals surface area (Å²) in [5.41, 5.74) is 10.8. The van der Waals surface area contributed by atoms with E-state index in [1.54, 1.807) is 0 Å². The van der Waals surface area contributed by atoms with Gasteiger partial charge < -0.3 is 10.6 Å². The highest BCUT2D eigenvalue weighted by Crippen LogP contribution is 2.32. The van der Waals surface area contributed by atoms with Crippen LogP contribution in [0.2, 0.25) is 0 Å². The summed E-state index contributed by atoms with van der Waals surface area (Å²) in [6.45, 7) is 11.6. The van der Waals surface area contributed by atoms with Crippen molar-refractivity contribution in [2.24, 2.45) is 17.6 Å². The largest absolute Gasteiger partial charge is 0.342 e. The van der Waals surface area contributed by atoms with Crippen molar-refractivity contribution >= 4 is 5.91 Å². The first kappa shape index (κ1) is 20.6. The normalized spacial score (nSPS) is 19.6. The lowest BCUT2D eigenvalue weighted by atomic mass is 9.89. The number of aryl methyl sites for hydroxylation is 1. The Morgan fingerprint density at radius 1 is 1.21 bits per heavy atom. The fourth-order valence-corrected chi connectivity index (χ4v) is 4.40. The molecule has 2 heterocycles. The van der Waals surface area contributed by atoms with Gasteiger partial charge in [0.1, 0.15) is 0 Å². The second-order valence-electron chi connectivity index (χ2n) is 8.54. The Kier molecular flexibility index (Phi) is 6.55. The Hall–Kier alpha value is -2.14. The van der Waals surface area contributed by atoms with Crippen molar-refractivity contribution in [1.82, 2.24) is 14.7 Å². The number of nitrogens with zero attached hydrogens (tertiary/aromatic N) is 3. The SMILES string of the molecule is Cc1nn(CC(C)C)c(C)c1CCC(=O)N1C[C@@H](CN)[C@H](c2ccccc2)C1. The number of nitrogens with two attached hydrogens (primary N) is 1. The summed E-state index contributed by atoms with van der Waals surface area (Å²) >= 11 is 0. The second kappa shape index (κ2) is 8.91. The number of aromatic nitrogens is 2. The first-order chi connectivity index (χ1) is 13.4. The van der Waals surface area contributed by atoms with Crippen LogP contribution in [0, 0.1) is 25.7 Å². The molecule has 0 radical (unpaired) electrons. The topological polar surface area (TPSA) is 64.2 Å². The van der Waals surface area contributed by atoms with Gasteiger partial charge in [0.15, 0.2) is 0 Å². The summed E-state index contributed by atoms with van der Waals surface area (Å²) in [7, 11) is 0. The van der Waals surface area contributed by atoms with Gasteiger partial charge in [-0.05, 0) is 49.8 Å². The summed E-state index contributed by atoms with van der Waals surface area (Å²) in [5.74, 6) is 1.46. The molecule has 0 saturated carbocycles. The maximum Gasteiger partial charge on any atom is 0.222 e. The van der Waals surface area contributed by atoms with Crippen LogP contribution in [0.4, 0.5) is 0 Å². The van der Waals surface area contributed by atoms with Gasteiger partial charge in [-0.1, -0.05) is 44.2 Å². The molecule has 1 aromatic heterocycles. The van der Waals surface area contributed by atoms with Crippen molar-refractivity contribution in [2.75, 3.05) is 19.6 Å². The van der Waals surface area contributed by atoms with Crippen LogP contribution in [-0.4, -0.2) is 40.2 Å². The molecule has 0 spiro atoms. The number of likely N-dealkylation sites (tertiary alicyclic amines) is 1. The van der Waals surface area contributed by atoms with Crippen LogP contribution in [0.25, 0.3) is 0 Å². The van der Waals surface area contributed by atoms with E-state index >= 15 is 0 Å². The predicted octanol–water partition coefficient (Wildman–Crippen LogP) is 3.29. The van der Waals surface area contributed by atoms with E-state index in [4.69, 9.17) is 5.73 Å². The molecule has 1 saturated heterocycles. The smallest absolute Gasteiger partial charge is 0.222 e. The van der Waals surface area contributed by atoms with Gasteiger partial charge in [0.05, 0.1) is 5.69 Å². The first-order valence-electron chi connectivity index (χ1n) is 10.5. The lowest BCUT2D eigenvalue weighted by Gasteiger charge is -2.17. The van der Waals surface area contributed by atoms with Gasteiger partial charge >= 0.3 is 0 Å². The molecule has 1 aromatic carbocycles. The summed E-state index contributed by atoms with van der Waals surface area (Å²) in [4.78, 5) is 14.9. The van der Waals surface area contributed by atoms with E-state index in [1.165, 1.54) is 16.8 Å². The molecule has 2 atom stereocenters. The van der Waals surface area contributed by atoms with Crippen LogP contribution in [-0.2, 0) is 17.8 Å². The summed E-state index contributed by atoms with van der Waals surface area (Å²) < 4.78 is 2.09. The molecule has 5 nitrogen and oxygen atoms in total. The molecule has 0 bridgehead atoms. The molecule has 2 aromatic rings. The van der Waals surface area contributed by atoms with Gasteiger partial charge in [0.25, 0.3) is 0 Å².